The molecule has 0 radical (unpaired) electrons. The van der Waals surface area contributed by atoms with E-state index in [1.165, 1.54) is 31.2 Å². The minimum absolute atomic E-state index is 0.0454. The number of benzene rings is 1. The van der Waals surface area contributed by atoms with Gasteiger partial charge < -0.3 is 15.2 Å². The molecule has 0 saturated heterocycles. The lowest BCUT2D eigenvalue weighted by Gasteiger charge is -2.37. The summed E-state index contributed by atoms with van der Waals surface area (Å²) in [7, 11) is 0. The Bertz CT molecular complexity index is 603. The lowest BCUT2D eigenvalue weighted by atomic mass is 9.85. The van der Waals surface area contributed by atoms with Crippen LogP contribution in [0.3, 0.4) is 0 Å². The summed E-state index contributed by atoms with van der Waals surface area (Å²) in [6.07, 6.45) is -5.49. The van der Waals surface area contributed by atoms with Crippen LogP contribution in [0.5, 0.6) is 5.75 Å². The second-order valence-electron chi connectivity index (χ2n) is 5.26. The molecule has 0 amide bonds. The highest BCUT2D eigenvalue weighted by atomic mass is 19.4. The van der Waals surface area contributed by atoms with E-state index < -0.39 is 37.3 Å². The van der Waals surface area contributed by atoms with E-state index in [0.717, 1.165) is 0 Å². The van der Waals surface area contributed by atoms with E-state index in [1.54, 1.807) is 0 Å². The van der Waals surface area contributed by atoms with Crippen LogP contribution in [-0.2, 0) is 10.3 Å². The van der Waals surface area contributed by atoms with Gasteiger partial charge in [-0.2, -0.15) is 22.0 Å². The molecular weight excluding hydrogens is 323 g/mol. The first-order valence-corrected chi connectivity index (χ1v) is 6.69. The summed E-state index contributed by atoms with van der Waals surface area (Å²) in [4.78, 5) is 3.68. The molecule has 1 atom stereocenters. The Labute approximate surface area is 129 Å². The zero-order chi connectivity index (χ0) is 17.3. The van der Waals surface area contributed by atoms with Crippen molar-refractivity contribution < 1.29 is 31.4 Å². The van der Waals surface area contributed by atoms with E-state index >= 15 is 0 Å². The van der Waals surface area contributed by atoms with E-state index in [2.05, 4.69) is 9.73 Å². The molecule has 0 spiro atoms. The van der Waals surface area contributed by atoms with Crippen LogP contribution in [-0.4, -0.2) is 31.3 Å². The maximum atomic E-state index is 14.2. The van der Waals surface area contributed by atoms with Gasteiger partial charge in [0.1, 0.15) is 5.75 Å². The maximum absolute atomic E-state index is 14.2. The summed E-state index contributed by atoms with van der Waals surface area (Å²) in [5, 5.41) is 0. The van der Waals surface area contributed by atoms with Gasteiger partial charge in [-0.1, -0.05) is 12.1 Å². The van der Waals surface area contributed by atoms with Gasteiger partial charge in [-0.25, -0.2) is 4.99 Å². The topological polar surface area (TPSA) is 56.8 Å². The molecule has 0 bridgehead atoms. The molecule has 23 heavy (non-hydrogen) atoms. The van der Waals surface area contributed by atoms with E-state index in [-0.39, 0.29) is 17.3 Å². The Morgan fingerprint density at radius 3 is 2.70 bits per heavy atom. The first kappa shape index (κ1) is 17.3. The molecule has 1 aliphatic heterocycles. The zero-order valence-electron chi connectivity index (χ0n) is 12.2. The Kier molecular flexibility index (Phi) is 4.41. The Morgan fingerprint density at radius 1 is 1.35 bits per heavy atom. The van der Waals surface area contributed by atoms with E-state index in [9.17, 15) is 22.0 Å². The van der Waals surface area contributed by atoms with Crippen molar-refractivity contribution in [3.63, 3.8) is 0 Å². The highest BCUT2D eigenvalue weighted by molar-refractivity contribution is 5.73. The second kappa shape index (κ2) is 5.86. The zero-order valence-corrected chi connectivity index (χ0v) is 12.2. The summed E-state index contributed by atoms with van der Waals surface area (Å²) < 4.78 is 74.2. The van der Waals surface area contributed by atoms with Crippen molar-refractivity contribution in [1.29, 1.82) is 0 Å². The lowest BCUT2D eigenvalue weighted by Crippen LogP contribution is -2.50. The smallest absolute Gasteiger partial charge is 0.392 e. The fraction of sp³-hybridized carbons (Fsp3) is 0.500. The van der Waals surface area contributed by atoms with Crippen LogP contribution in [0.15, 0.2) is 29.3 Å². The van der Waals surface area contributed by atoms with Gasteiger partial charge in [0.05, 0.1) is 13.0 Å². The SMILES string of the molecule is CC1(c2cccc(OCCC(F)(F)F)c2)N=C(N)OCC1(F)F. The summed E-state index contributed by atoms with van der Waals surface area (Å²) in [5.41, 5.74) is 3.45. The Morgan fingerprint density at radius 2 is 2.04 bits per heavy atom. The molecule has 2 N–H and O–H groups in total. The highest BCUT2D eigenvalue weighted by Crippen LogP contribution is 2.44. The van der Waals surface area contributed by atoms with Crippen molar-refractivity contribution >= 4 is 6.02 Å². The quantitative estimate of drug-likeness (QED) is 0.858. The van der Waals surface area contributed by atoms with E-state index in [1.807, 2.05) is 0 Å². The Hall–Kier alpha value is -2.06. The number of hydrogen-bond donors (Lipinski definition) is 1. The normalized spacial score (nSPS) is 23.8. The molecule has 0 fully saturated rings. The van der Waals surface area contributed by atoms with Gasteiger partial charge >= 0.3 is 12.1 Å². The van der Waals surface area contributed by atoms with Gasteiger partial charge in [-0.3, -0.25) is 0 Å². The summed E-state index contributed by atoms with van der Waals surface area (Å²) >= 11 is 0. The van der Waals surface area contributed by atoms with Crippen molar-refractivity contribution in [2.75, 3.05) is 13.2 Å². The number of hydrogen-bond acceptors (Lipinski definition) is 4. The number of ether oxygens (including phenoxy) is 2. The average Bonchev–Trinajstić information content (AvgIpc) is 2.43. The third-order valence-corrected chi connectivity index (χ3v) is 3.50. The summed E-state index contributed by atoms with van der Waals surface area (Å²) in [6, 6.07) is 5.02. The van der Waals surface area contributed by atoms with Crippen LogP contribution in [0.2, 0.25) is 0 Å². The number of halogens is 5. The molecule has 1 aromatic rings. The third kappa shape index (κ3) is 3.83. The predicted octanol–water partition coefficient (Wildman–Crippen LogP) is 3.21. The fourth-order valence-electron chi connectivity index (χ4n) is 2.09. The maximum Gasteiger partial charge on any atom is 0.392 e. The molecule has 0 aromatic heterocycles. The summed E-state index contributed by atoms with van der Waals surface area (Å²) in [6.45, 7) is -0.357. The second-order valence-corrected chi connectivity index (χ2v) is 5.26. The first-order valence-electron chi connectivity index (χ1n) is 6.69. The van der Waals surface area contributed by atoms with E-state index in [0.29, 0.717) is 0 Å². The van der Waals surface area contributed by atoms with Crippen LogP contribution in [0.4, 0.5) is 22.0 Å². The van der Waals surface area contributed by atoms with Gasteiger partial charge in [0.15, 0.2) is 12.1 Å². The molecule has 2 rings (SSSR count). The fourth-order valence-corrected chi connectivity index (χ4v) is 2.09. The standard InChI is InChI=1S/C14H15F5N2O2/c1-12(13(15,16)8-23-11(20)21-12)9-3-2-4-10(7-9)22-6-5-14(17,18)19/h2-4,7H,5-6,8H2,1H3,(H2,20,21). The minimum atomic E-state index is -4.35. The molecule has 1 unspecified atom stereocenters. The molecule has 1 aliphatic rings. The number of rotatable bonds is 4. The van der Waals surface area contributed by atoms with Gasteiger partial charge in [0.2, 0.25) is 0 Å². The summed E-state index contributed by atoms with van der Waals surface area (Å²) in [5.74, 6) is -3.29. The first-order chi connectivity index (χ1) is 10.5. The molecule has 128 valence electrons. The highest BCUT2D eigenvalue weighted by Gasteiger charge is 2.55. The van der Waals surface area contributed by atoms with Crippen molar-refractivity contribution in [2.24, 2.45) is 10.7 Å². The van der Waals surface area contributed by atoms with Crippen molar-refractivity contribution in [2.45, 2.75) is 31.0 Å². The molecule has 9 heteroatoms. The van der Waals surface area contributed by atoms with Gasteiger partial charge in [0.25, 0.3) is 6.02 Å². The number of nitrogens with zero attached hydrogens (tertiary/aromatic N) is 1. The van der Waals surface area contributed by atoms with Crippen molar-refractivity contribution in [3.8, 4) is 5.75 Å². The van der Waals surface area contributed by atoms with Crippen molar-refractivity contribution in [1.82, 2.24) is 0 Å². The average molecular weight is 338 g/mol. The van der Waals surface area contributed by atoms with Gasteiger partial charge in [0, 0.05) is 0 Å². The van der Waals surface area contributed by atoms with Gasteiger partial charge in [-0.15, -0.1) is 0 Å². The number of aliphatic imine (C=N–C) groups is 1. The predicted molar refractivity (Wildman–Crippen MR) is 72.5 cm³/mol. The molecule has 0 saturated carbocycles. The number of nitrogens with two attached hydrogens (primary N) is 1. The van der Waals surface area contributed by atoms with Crippen LogP contribution < -0.4 is 10.5 Å². The molecule has 1 aromatic carbocycles. The number of amidine groups is 1. The molecule has 0 aliphatic carbocycles. The van der Waals surface area contributed by atoms with Crippen LogP contribution in [0.1, 0.15) is 18.9 Å². The van der Waals surface area contributed by atoms with Crippen molar-refractivity contribution in [3.05, 3.63) is 29.8 Å². The lowest BCUT2D eigenvalue weighted by molar-refractivity contribution is -0.139. The number of alkyl halides is 5. The van der Waals surface area contributed by atoms with Crippen LogP contribution in [0.25, 0.3) is 0 Å². The third-order valence-electron chi connectivity index (χ3n) is 3.50. The van der Waals surface area contributed by atoms with Crippen LogP contribution >= 0.6 is 0 Å². The minimum Gasteiger partial charge on any atom is -0.493 e. The Balaban J connectivity index is 2.23. The van der Waals surface area contributed by atoms with E-state index in [4.69, 9.17) is 10.5 Å². The molecule has 4 nitrogen and oxygen atoms in total. The van der Waals surface area contributed by atoms with Gasteiger partial charge in [-0.05, 0) is 24.6 Å². The largest absolute Gasteiger partial charge is 0.493 e. The monoisotopic (exact) mass is 338 g/mol. The molecule has 1 heterocycles. The van der Waals surface area contributed by atoms with Crippen LogP contribution in [0, 0.1) is 0 Å². The molecular formula is C14H15F5N2O2.